The van der Waals surface area contributed by atoms with Crippen molar-refractivity contribution in [2.24, 2.45) is 0 Å². The predicted molar refractivity (Wildman–Crippen MR) is 73.0 cm³/mol. The topological polar surface area (TPSA) is 103 Å². The molecule has 0 fully saturated rings. The van der Waals surface area contributed by atoms with Gasteiger partial charge in [0.2, 0.25) is 5.82 Å². The van der Waals surface area contributed by atoms with Crippen LogP contribution in [0.15, 0.2) is 28.9 Å². The molecule has 0 saturated heterocycles. The number of nitrogens with two attached hydrogens (primary N) is 1. The minimum absolute atomic E-state index is 0.314. The highest BCUT2D eigenvalue weighted by atomic mass is 16.5. The van der Waals surface area contributed by atoms with E-state index in [1.165, 1.54) is 0 Å². The number of nitrogen functional groups attached to an aromatic ring is 1. The quantitative estimate of drug-likeness (QED) is 0.755. The van der Waals surface area contributed by atoms with E-state index in [0.717, 1.165) is 11.1 Å². The van der Waals surface area contributed by atoms with Crippen LogP contribution in [0, 0.1) is 6.92 Å². The summed E-state index contributed by atoms with van der Waals surface area (Å²) in [6, 6.07) is 5.76. The summed E-state index contributed by atoms with van der Waals surface area (Å²) in [5, 5.41) is 10.4. The van der Waals surface area contributed by atoms with Crippen molar-refractivity contribution in [2.45, 2.75) is 6.92 Å². The van der Waals surface area contributed by atoms with E-state index in [1.54, 1.807) is 13.3 Å². The Bertz CT molecular complexity index is 747. The average molecular weight is 271 g/mol. The van der Waals surface area contributed by atoms with Crippen LogP contribution in [0.2, 0.25) is 0 Å². The maximum atomic E-state index is 5.73. The molecule has 0 aliphatic heterocycles. The lowest BCUT2D eigenvalue weighted by Gasteiger charge is -2.05. The number of benzene rings is 1. The molecule has 0 amide bonds. The van der Waals surface area contributed by atoms with Crippen molar-refractivity contribution >= 4 is 5.82 Å². The van der Waals surface area contributed by atoms with E-state index in [1.807, 2.05) is 25.1 Å². The zero-order valence-electron chi connectivity index (χ0n) is 11.0. The van der Waals surface area contributed by atoms with Gasteiger partial charge in [-0.25, -0.2) is 0 Å². The first kappa shape index (κ1) is 12.2. The molecule has 102 valence electrons. The number of nitrogens with one attached hydrogen (secondary N) is 1. The van der Waals surface area contributed by atoms with Gasteiger partial charge in [0.15, 0.2) is 0 Å². The van der Waals surface area contributed by atoms with Crippen LogP contribution < -0.4 is 10.5 Å². The van der Waals surface area contributed by atoms with Crippen molar-refractivity contribution in [3.8, 4) is 28.6 Å². The normalized spacial score (nSPS) is 10.7. The number of hydrogen-bond donors (Lipinski definition) is 2. The Morgan fingerprint density at radius 2 is 2.15 bits per heavy atom. The zero-order valence-corrected chi connectivity index (χ0v) is 11.0. The summed E-state index contributed by atoms with van der Waals surface area (Å²) in [7, 11) is 1.60. The molecule has 0 aliphatic carbocycles. The second kappa shape index (κ2) is 4.69. The molecule has 0 aliphatic rings. The van der Waals surface area contributed by atoms with Gasteiger partial charge in [0.1, 0.15) is 17.1 Å². The fourth-order valence-corrected chi connectivity index (χ4v) is 1.89. The maximum Gasteiger partial charge on any atom is 0.263 e. The Kier molecular flexibility index (Phi) is 2.86. The number of anilines is 1. The highest BCUT2D eigenvalue weighted by Gasteiger charge is 2.16. The predicted octanol–water partition coefficient (Wildman–Crippen LogP) is 2.03. The molecule has 3 N–H and O–H groups in total. The van der Waals surface area contributed by atoms with E-state index in [2.05, 4.69) is 20.3 Å². The summed E-state index contributed by atoms with van der Waals surface area (Å²) in [5.74, 6) is 1.83. The third-order valence-corrected chi connectivity index (χ3v) is 2.92. The smallest absolute Gasteiger partial charge is 0.263 e. The van der Waals surface area contributed by atoms with Gasteiger partial charge >= 0.3 is 0 Å². The van der Waals surface area contributed by atoms with Crippen LogP contribution in [-0.4, -0.2) is 27.4 Å². The second-order valence-corrected chi connectivity index (χ2v) is 4.32. The Morgan fingerprint density at radius 1 is 1.30 bits per heavy atom. The highest BCUT2D eigenvalue weighted by Crippen LogP contribution is 2.31. The van der Waals surface area contributed by atoms with Crippen LogP contribution in [0.4, 0.5) is 5.82 Å². The Hall–Kier alpha value is -2.83. The first-order valence-corrected chi connectivity index (χ1v) is 5.97. The van der Waals surface area contributed by atoms with Crippen molar-refractivity contribution in [1.29, 1.82) is 0 Å². The van der Waals surface area contributed by atoms with Crippen LogP contribution in [0.1, 0.15) is 5.56 Å². The summed E-state index contributed by atoms with van der Waals surface area (Å²) in [6.45, 7) is 1.99. The average Bonchev–Trinajstić information content (AvgIpc) is 3.07. The number of aryl methyl sites for hydroxylation is 1. The fraction of sp³-hybridized carbons (Fsp3) is 0.154. The van der Waals surface area contributed by atoms with E-state index in [-0.39, 0.29) is 0 Å². The Morgan fingerprint density at radius 3 is 2.85 bits per heavy atom. The SMILES string of the molecule is COc1cc(C)ccc1-c1noc(-c2cn[nH]c2N)n1. The monoisotopic (exact) mass is 271 g/mol. The Labute approximate surface area is 114 Å². The van der Waals surface area contributed by atoms with Gasteiger partial charge in [0, 0.05) is 0 Å². The van der Waals surface area contributed by atoms with E-state index in [4.69, 9.17) is 15.0 Å². The number of hydrogen-bond acceptors (Lipinski definition) is 6. The molecule has 0 saturated carbocycles. The van der Waals surface area contributed by atoms with Crippen LogP contribution in [0.25, 0.3) is 22.8 Å². The van der Waals surface area contributed by atoms with Crippen molar-refractivity contribution in [3.05, 3.63) is 30.0 Å². The molecule has 3 rings (SSSR count). The molecule has 0 unspecified atom stereocenters. The molecule has 0 spiro atoms. The minimum Gasteiger partial charge on any atom is -0.496 e. The largest absolute Gasteiger partial charge is 0.496 e. The van der Waals surface area contributed by atoms with Crippen molar-refractivity contribution in [3.63, 3.8) is 0 Å². The first-order chi connectivity index (χ1) is 9.69. The lowest BCUT2D eigenvalue weighted by atomic mass is 10.1. The lowest BCUT2D eigenvalue weighted by Crippen LogP contribution is -1.90. The zero-order chi connectivity index (χ0) is 14.1. The molecule has 2 heterocycles. The van der Waals surface area contributed by atoms with Crippen molar-refractivity contribution in [2.75, 3.05) is 12.8 Å². The molecule has 0 radical (unpaired) electrons. The molecule has 7 heteroatoms. The number of aromatic amines is 1. The maximum absolute atomic E-state index is 5.73. The first-order valence-electron chi connectivity index (χ1n) is 5.97. The molecule has 20 heavy (non-hydrogen) atoms. The summed E-state index contributed by atoms with van der Waals surface area (Å²) >= 11 is 0. The standard InChI is InChI=1S/C13H13N5O2/c1-7-3-4-8(10(5-7)19-2)12-16-13(20-18-12)9-6-15-17-11(9)14/h3-6H,1-2H3,(H3,14,15,17). The van der Waals surface area contributed by atoms with E-state index in [9.17, 15) is 0 Å². The van der Waals surface area contributed by atoms with Gasteiger partial charge in [-0.2, -0.15) is 10.1 Å². The second-order valence-electron chi connectivity index (χ2n) is 4.32. The van der Waals surface area contributed by atoms with Gasteiger partial charge in [0.05, 0.1) is 18.9 Å². The van der Waals surface area contributed by atoms with E-state index in [0.29, 0.717) is 28.8 Å². The van der Waals surface area contributed by atoms with Gasteiger partial charge < -0.3 is 15.0 Å². The van der Waals surface area contributed by atoms with Crippen LogP contribution in [0.3, 0.4) is 0 Å². The minimum atomic E-state index is 0.314. The molecule has 0 atom stereocenters. The molecule has 3 aromatic rings. The van der Waals surface area contributed by atoms with Crippen LogP contribution in [0.5, 0.6) is 5.75 Å². The summed E-state index contributed by atoms with van der Waals surface area (Å²) in [6.07, 6.45) is 1.54. The highest BCUT2D eigenvalue weighted by molar-refractivity contribution is 5.69. The van der Waals surface area contributed by atoms with Crippen LogP contribution >= 0.6 is 0 Å². The number of nitrogens with zero attached hydrogens (tertiary/aromatic N) is 3. The van der Waals surface area contributed by atoms with Gasteiger partial charge in [0.25, 0.3) is 5.89 Å². The summed E-state index contributed by atoms with van der Waals surface area (Å²) < 4.78 is 10.6. The van der Waals surface area contributed by atoms with Gasteiger partial charge in [-0.3, -0.25) is 5.10 Å². The lowest BCUT2D eigenvalue weighted by molar-refractivity contribution is 0.413. The van der Waals surface area contributed by atoms with Crippen molar-refractivity contribution < 1.29 is 9.26 Å². The van der Waals surface area contributed by atoms with E-state index < -0.39 is 0 Å². The van der Waals surface area contributed by atoms with Gasteiger partial charge in [-0.05, 0) is 24.6 Å². The number of aromatic nitrogens is 4. The number of ether oxygens (including phenoxy) is 1. The van der Waals surface area contributed by atoms with Gasteiger partial charge in [-0.15, -0.1) is 0 Å². The third-order valence-electron chi connectivity index (χ3n) is 2.92. The molecular formula is C13H13N5O2. The fourth-order valence-electron chi connectivity index (χ4n) is 1.89. The molecule has 1 aromatic carbocycles. The molecule has 2 aromatic heterocycles. The van der Waals surface area contributed by atoms with Crippen molar-refractivity contribution in [1.82, 2.24) is 20.3 Å². The number of H-pyrrole nitrogens is 1. The van der Waals surface area contributed by atoms with Gasteiger partial charge in [-0.1, -0.05) is 11.2 Å². The Balaban J connectivity index is 2.05. The molecule has 7 nitrogen and oxygen atoms in total. The van der Waals surface area contributed by atoms with E-state index >= 15 is 0 Å². The molecular weight excluding hydrogens is 258 g/mol. The summed E-state index contributed by atoms with van der Waals surface area (Å²) in [4.78, 5) is 4.32. The van der Waals surface area contributed by atoms with Crippen LogP contribution in [-0.2, 0) is 0 Å². The number of rotatable bonds is 3. The molecule has 0 bridgehead atoms. The number of methoxy groups -OCH3 is 1. The summed E-state index contributed by atoms with van der Waals surface area (Å²) in [5.41, 5.74) is 8.15. The third kappa shape index (κ3) is 1.99.